The van der Waals surface area contributed by atoms with Crippen LogP contribution >= 0.6 is 22.7 Å². The Balaban J connectivity index is 1.25. The van der Waals surface area contributed by atoms with Crippen molar-refractivity contribution in [3.8, 4) is 0 Å². The van der Waals surface area contributed by atoms with E-state index in [0.717, 1.165) is 18.0 Å². The lowest BCUT2D eigenvalue weighted by atomic mass is 10.1. The summed E-state index contributed by atoms with van der Waals surface area (Å²) in [6.07, 6.45) is 3.67. The summed E-state index contributed by atoms with van der Waals surface area (Å²) in [7, 11) is 0. The number of amides is 2. The molecule has 126 valence electrons. The molecule has 0 bridgehead atoms. The summed E-state index contributed by atoms with van der Waals surface area (Å²) in [4.78, 5) is 27.5. The average Bonchev–Trinajstić information content (AvgIpc) is 3.15. The van der Waals surface area contributed by atoms with Crippen molar-refractivity contribution >= 4 is 39.6 Å². The summed E-state index contributed by atoms with van der Waals surface area (Å²) < 4.78 is 0. The van der Waals surface area contributed by atoms with Crippen LogP contribution < -0.4 is 5.32 Å². The van der Waals surface area contributed by atoms with Crippen LogP contribution in [0.1, 0.15) is 47.0 Å². The van der Waals surface area contributed by atoms with Crippen LogP contribution in [-0.4, -0.2) is 33.5 Å². The second kappa shape index (κ2) is 6.60. The molecule has 6 nitrogen and oxygen atoms in total. The predicted octanol–water partition coefficient (Wildman–Crippen LogP) is 2.78. The third kappa shape index (κ3) is 3.49. The molecule has 2 aromatic rings. The third-order valence-corrected chi connectivity index (χ3v) is 6.36. The molecule has 0 saturated heterocycles. The Labute approximate surface area is 147 Å². The first-order chi connectivity index (χ1) is 11.7. The van der Waals surface area contributed by atoms with Gasteiger partial charge in [-0.15, -0.1) is 21.5 Å². The van der Waals surface area contributed by atoms with E-state index in [0.29, 0.717) is 17.6 Å². The highest BCUT2D eigenvalue weighted by Crippen LogP contribution is 2.42. The molecule has 0 atom stereocenters. The SMILES string of the molecule is O=C(CCC(=O)N1CCc2sccc2C1)Nc1nnc(C2CC2)s1. The number of carbonyl (C=O) groups excluding carboxylic acids is 2. The van der Waals surface area contributed by atoms with Gasteiger partial charge in [-0.2, -0.15) is 0 Å². The fourth-order valence-electron chi connectivity index (χ4n) is 2.80. The van der Waals surface area contributed by atoms with Crippen LogP contribution in [0.3, 0.4) is 0 Å². The van der Waals surface area contributed by atoms with Crippen LogP contribution in [0.2, 0.25) is 0 Å². The van der Waals surface area contributed by atoms with Crippen molar-refractivity contribution in [2.24, 2.45) is 0 Å². The largest absolute Gasteiger partial charge is 0.338 e. The van der Waals surface area contributed by atoms with E-state index in [1.165, 1.54) is 34.6 Å². The molecule has 8 heteroatoms. The quantitative estimate of drug-likeness (QED) is 0.887. The molecule has 0 radical (unpaired) electrons. The van der Waals surface area contributed by atoms with E-state index in [1.54, 1.807) is 11.3 Å². The zero-order valence-corrected chi connectivity index (χ0v) is 14.8. The molecule has 0 aromatic carbocycles. The molecule has 4 rings (SSSR count). The van der Waals surface area contributed by atoms with E-state index < -0.39 is 0 Å². The lowest BCUT2D eigenvalue weighted by molar-refractivity contribution is -0.133. The van der Waals surface area contributed by atoms with Crippen LogP contribution in [0.5, 0.6) is 0 Å². The smallest absolute Gasteiger partial charge is 0.226 e. The van der Waals surface area contributed by atoms with E-state index in [-0.39, 0.29) is 24.7 Å². The maximum absolute atomic E-state index is 12.3. The van der Waals surface area contributed by atoms with Gasteiger partial charge in [0, 0.05) is 36.7 Å². The molecular weight excluding hydrogens is 344 g/mol. The standard InChI is InChI=1S/C16H18N4O2S2/c21-13(17-16-19-18-15(24-16)10-1-2-10)3-4-14(22)20-7-5-12-11(9-20)6-8-23-12/h6,8,10H,1-5,7,9H2,(H,17,19,21). The van der Waals surface area contributed by atoms with Crippen molar-refractivity contribution in [3.05, 3.63) is 26.9 Å². The fraction of sp³-hybridized carbons (Fsp3) is 0.500. The summed E-state index contributed by atoms with van der Waals surface area (Å²) in [5, 5.41) is 14.5. The summed E-state index contributed by atoms with van der Waals surface area (Å²) in [6.45, 7) is 1.41. The van der Waals surface area contributed by atoms with Gasteiger partial charge in [0.05, 0.1) is 0 Å². The predicted molar refractivity (Wildman–Crippen MR) is 93.2 cm³/mol. The van der Waals surface area contributed by atoms with Crippen LogP contribution in [0.4, 0.5) is 5.13 Å². The topological polar surface area (TPSA) is 75.2 Å². The summed E-state index contributed by atoms with van der Waals surface area (Å²) in [5.74, 6) is 0.406. The van der Waals surface area contributed by atoms with Crippen LogP contribution in [0.15, 0.2) is 11.4 Å². The highest BCUT2D eigenvalue weighted by Gasteiger charge is 2.28. The number of thiophene rings is 1. The molecule has 1 fully saturated rings. The first kappa shape index (κ1) is 15.7. The third-order valence-electron chi connectivity index (χ3n) is 4.34. The molecule has 1 saturated carbocycles. The molecule has 0 unspecified atom stereocenters. The monoisotopic (exact) mass is 362 g/mol. The molecule has 3 heterocycles. The first-order valence-corrected chi connectivity index (χ1v) is 9.85. The molecule has 1 N–H and O–H groups in total. The number of fused-ring (bicyclic) bond motifs is 1. The number of nitrogens with zero attached hydrogens (tertiary/aromatic N) is 3. The number of carbonyl (C=O) groups is 2. The van der Waals surface area contributed by atoms with Gasteiger partial charge in [0.15, 0.2) is 0 Å². The molecule has 1 aliphatic carbocycles. The summed E-state index contributed by atoms with van der Waals surface area (Å²) in [6, 6.07) is 2.08. The Morgan fingerprint density at radius 3 is 3.00 bits per heavy atom. The second-order valence-corrected chi connectivity index (χ2v) is 8.21. The number of rotatable bonds is 5. The van der Waals surface area contributed by atoms with E-state index >= 15 is 0 Å². The minimum atomic E-state index is -0.171. The van der Waals surface area contributed by atoms with Crippen LogP contribution in [-0.2, 0) is 22.6 Å². The highest BCUT2D eigenvalue weighted by molar-refractivity contribution is 7.15. The maximum atomic E-state index is 12.3. The normalized spacial score (nSPS) is 16.8. The molecule has 2 amide bonds. The molecule has 2 aliphatic rings. The van der Waals surface area contributed by atoms with Gasteiger partial charge in [0.2, 0.25) is 16.9 Å². The van der Waals surface area contributed by atoms with Gasteiger partial charge in [-0.25, -0.2) is 0 Å². The van der Waals surface area contributed by atoms with Gasteiger partial charge in [0.1, 0.15) is 5.01 Å². The average molecular weight is 362 g/mol. The Bertz CT molecular complexity index is 766. The minimum absolute atomic E-state index is 0.0398. The molecule has 0 spiro atoms. The lowest BCUT2D eigenvalue weighted by Crippen LogP contribution is -2.35. The van der Waals surface area contributed by atoms with Gasteiger partial charge < -0.3 is 10.2 Å². The Hall–Kier alpha value is -1.80. The highest BCUT2D eigenvalue weighted by atomic mass is 32.1. The van der Waals surface area contributed by atoms with E-state index in [1.807, 2.05) is 4.90 Å². The molecule has 2 aromatic heterocycles. The van der Waals surface area contributed by atoms with Crippen molar-refractivity contribution in [1.82, 2.24) is 15.1 Å². The van der Waals surface area contributed by atoms with Gasteiger partial charge >= 0.3 is 0 Å². The van der Waals surface area contributed by atoms with Crippen molar-refractivity contribution in [2.45, 2.75) is 44.6 Å². The Morgan fingerprint density at radius 1 is 1.29 bits per heavy atom. The van der Waals surface area contributed by atoms with Crippen molar-refractivity contribution in [1.29, 1.82) is 0 Å². The van der Waals surface area contributed by atoms with Crippen molar-refractivity contribution in [2.75, 3.05) is 11.9 Å². The van der Waals surface area contributed by atoms with Gasteiger partial charge in [-0.1, -0.05) is 11.3 Å². The second-order valence-electron chi connectivity index (χ2n) is 6.20. The van der Waals surface area contributed by atoms with Crippen LogP contribution in [0.25, 0.3) is 0 Å². The zero-order valence-electron chi connectivity index (χ0n) is 13.2. The number of hydrogen-bond acceptors (Lipinski definition) is 6. The van der Waals surface area contributed by atoms with E-state index in [9.17, 15) is 9.59 Å². The van der Waals surface area contributed by atoms with Gasteiger partial charge in [0.25, 0.3) is 0 Å². The first-order valence-electron chi connectivity index (χ1n) is 8.15. The van der Waals surface area contributed by atoms with Crippen LogP contribution in [0, 0.1) is 0 Å². The summed E-state index contributed by atoms with van der Waals surface area (Å²) >= 11 is 3.19. The molecule has 1 aliphatic heterocycles. The molecule has 24 heavy (non-hydrogen) atoms. The number of aromatic nitrogens is 2. The summed E-state index contributed by atoms with van der Waals surface area (Å²) in [5.41, 5.74) is 1.24. The van der Waals surface area contributed by atoms with Crippen molar-refractivity contribution < 1.29 is 9.59 Å². The minimum Gasteiger partial charge on any atom is -0.338 e. The number of anilines is 1. The zero-order chi connectivity index (χ0) is 16.5. The molecular formula is C16H18N4O2S2. The Kier molecular flexibility index (Phi) is 4.32. The van der Waals surface area contributed by atoms with Gasteiger partial charge in [-0.3, -0.25) is 9.59 Å². The fourth-order valence-corrected chi connectivity index (χ4v) is 4.62. The Morgan fingerprint density at radius 2 is 2.17 bits per heavy atom. The van der Waals surface area contributed by atoms with E-state index in [2.05, 4.69) is 27.0 Å². The maximum Gasteiger partial charge on any atom is 0.226 e. The van der Waals surface area contributed by atoms with Crippen molar-refractivity contribution in [3.63, 3.8) is 0 Å². The lowest BCUT2D eigenvalue weighted by Gasteiger charge is -2.27. The van der Waals surface area contributed by atoms with Gasteiger partial charge in [-0.05, 0) is 36.3 Å². The number of nitrogens with one attached hydrogen (secondary N) is 1. The van der Waals surface area contributed by atoms with E-state index in [4.69, 9.17) is 0 Å². The number of hydrogen-bond donors (Lipinski definition) is 1.